The fraction of sp³-hybridized carbons (Fsp3) is 0.0909. The van der Waals surface area contributed by atoms with Crippen molar-refractivity contribution in [3.8, 4) is 5.69 Å². The predicted octanol–water partition coefficient (Wildman–Crippen LogP) is 2.69. The molecule has 1 heterocycles. The smallest absolute Gasteiger partial charge is 0.239 e. The number of primary sulfonamides is 1. The maximum atomic E-state index is 11.3. The Morgan fingerprint density at radius 1 is 1.35 bits per heavy atom. The van der Waals surface area contributed by atoms with Crippen molar-refractivity contribution < 1.29 is 8.42 Å². The van der Waals surface area contributed by atoms with Crippen LogP contribution >= 0.6 is 23.2 Å². The van der Waals surface area contributed by atoms with Gasteiger partial charge in [0.05, 0.1) is 28.5 Å². The quantitative estimate of drug-likeness (QED) is 0.859. The van der Waals surface area contributed by atoms with Crippen molar-refractivity contribution in [1.29, 1.82) is 0 Å². The molecule has 6 nitrogen and oxygen atoms in total. The second-order valence-corrected chi connectivity index (χ2v) is 6.26. The van der Waals surface area contributed by atoms with E-state index in [0.29, 0.717) is 17.1 Å². The summed E-state index contributed by atoms with van der Waals surface area (Å²) in [5, 5.41) is 9.12. The van der Waals surface area contributed by atoms with Crippen molar-refractivity contribution in [1.82, 2.24) is 9.78 Å². The average molecular weight is 331 g/mol. The number of aromatic nitrogens is 2. The zero-order valence-electron chi connectivity index (χ0n) is 10.1. The fourth-order valence-corrected chi connectivity index (χ4v) is 3.05. The van der Waals surface area contributed by atoms with E-state index >= 15 is 0 Å². The second-order valence-electron chi connectivity index (χ2n) is 3.92. The standard InChI is InChI=1S/C11H8Cl2N4O2S/c1-6-9(15-2)5-16-17(6)10-3-8(13)11(4-7(10)12)20(14,18)19/h3-5H,1H3,(H2,14,18,19). The molecule has 0 fully saturated rings. The van der Waals surface area contributed by atoms with E-state index in [4.69, 9.17) is 34.9 Å². The molecule has 0 unspecified atom stereocenters. The van der Waals surface area contributed by atoms with Crippen LogP contribution in [0.1, 0.15) is 5.69 Å². The van der Waals surface area contributed by atoms with E-state index in [2.05, 4.69) is 9.94 Å². The highest BCUT2D eigenvalue weighted by Gasteiger charge is 2.18. The minimum absolute atomic E-state index is 0.0637. The fourth-order valence-electron chi connectivity index (χ4n) is 1.65. The molecule has 0 aliphatic heterocycles. The molecule has 9 heteroatoms. The van der Waals surface area contributed by atoms with Gasteiger partial charge >= 0.3 is 0 Å². The third-order valence-corrected chi connectivity index (χ3v) is 4.32. The van der Waals surface area contributed by atoms with Crippen LogP contribution in [0.15, 0.2) is 23.2 Å². The highest BCUT2D eigenvalue weighted by atomic mass is 35.5. The zero-order valence-corrected chi connectivity index (χ0v) is 12.5. The Bertz CT molecular complexity index is 837. The monoisotopic (exact) mass is 330 g/mol. The number of nitrogens with two attached hydrogens (primary N) is 1. The van der Waals surface area contributed by atoms with Crippen LogP contribution in [0.4, 0.5) is 5.69 Å². The highest BCUT2D eigenvalue weighted by molar-refractivity contribution is 7.89. The number of sulfonamides is 1. The Labute approximate surface area is 125 Å². The van der Waals surface area contributed by atoms with Gasteiger partial charge in [-0.1, -0.05) is 23.2 Å². The van der Waals surface area contributed by atoms with Gasteiger partial charge in [-0.25, -0.2) is 23.1 Å². The molecule has 2 rings (SSSR count). The summed E-state index contributed by atoms with van der Waals surface area (Å²) in [4.78, 5) is 3.04. The molecule has 0 radical (unpaired) electrons. The number of hydrogen-bond acceptors (Lipinski definition) is 3. The lowest BCUT2D eigenvalue weighted by molar-refractivity contribution is 0.598. The van der Waals surface area contributed by atoms with Gasteiger partial charge in [0, 0.05) is 5.69 Å². The van der Waals surface area contributed by atoms with Crippen LogP contribution in [0, 0.1) is 13.5 Å². The molecule has 0 spiro atoms. The largest absolute Gasteiger partial charge is 0.248 e. The first kappa shape index (κ1) is 14.8. The van der Waals surface area contributed by atoms with E-state index in [1.165, 1.54) is 16.9 Å². The van der Waals surface area contributed by atoms with Crippen LogP contribution in [-0.4, -0.2) is 18.2 Å². The highest BCUT2D eigenvalue weighted by Crippen LogP contribution is 2.32. The molecule has 104 valence electrons. The third-order valence-electron chi connectivity index (χ3n) is 2.64. The van der Waals surface area contributed by atoms with Gasteiger partial charge in [-0.05, 0) is 19.1 Å². The van der Waals surface area contributed by atoms with Gasteiger partial charge in [-0.3, -0.25) is 0 Å². The SMILES string of the molecule is [C-]#[N+]c1cnn(-c2cc(Cl)c(S(N)(=O)=O)cc2Cl)c1C. The maximum Gasteiger partial charge on any atom is 0.239 e. The minimum Gasteiger partial charge on any atom is -0.248 e. The van der Waals surface area contributed by atoms with Gasteiger partial charge in [0.1, 0.15) is 4.90 Å². The molecule has 20 heavy (non-hydrogen) atoms. The van der Waals surface area contributed by atoms with E-state index in [0.717, 1.165) is 6.07 Å². The zero-order chi connectivity index (χ0) is 15.1. The Kier molecular flexibility index (Phi) is 3.75. The van der Waals surface area contributed by atoms with Gasteiger partial charge in [-0.15, -0.1) is 0 Å². The lowest BCUT2D eigenvalue weighted by Crippen LogP contribution is -2.13. The molecule has 0 atom stereocenters. The Balaban J connectivity index is 2.69. The molecule has 0 aliphatic carbocycles. The molecular weight excluding hydrogens is 323 g/mol. The topological polar surface area (TPSA) is 82.3 Å². The lowest BCUT2D eigenvalue weighted by atomic mass is 10.3. The van der Waals surface area contributed by atoms with Crippen LogP contribution in [-0.2, 0) is 10.0 Å². The van der Waals surface area contributed by atoms with Crippen molar-refractivity contribution in [3.63, 3.8) is 0 Å². The lowest BCUT2D eigenvalue weighted by Gasteiger charge is -2.10. The molecule has 0 saturated carbocycles. The second kappa shape index (κ2) is 5.07. The molecular formula is C11H8Cl2N4O2S. The summed E-state index contributed by atoms with van der Waals surface area (Å²) in [6, 6.07) is 2.50. The van der Waals surface area contributed by atoms with Crippen LogP contribution < -0.4 is 5.14 Å². The Morgan fingerprint density at radius 2 is 2.00 bits per heavy atom. The summed E-state index contributed by atoms with van der Waals surface area (Å²) in [5.41, 5.74) is 1.31. The molecule has 2 aromatic rings. The summed E-state index contributed by atoms with van der Waals surface area (Å²) in [6.45, 7) is 8.68. The molecule has 0 amide bonds. The molecule has 0 bridgehead atoms. The Morgan fingerprint density at radius 3 is 2.50 bits per heavy atom. The third kappa shape index (κ3) is 2.51. The van der Waals surface area contributed by atoms with E-state index < -0.39 is 10.0 Å². The van der Waals surface area contributed by atoms with Crippen molar-refractivity contribution >= 4 is 38.9 Å². The maximum absolute atomic E-state index is 11.3. The van der Waals surface area contributed by atoms with E-state index in [9.17, 15) is 8.42 Å². The summed E-state index contributed by atoms with van der Waals surface area (Å²) in [7, 11) is -3.96. The van der Waals surface area contributed by atoms with E-state index in [1.807, 2.05) is 0 Å². The van der Waals surface area contributed by atoms with Gasteiger partial charge in [-0.2, -0.15) is 5.10 Å². The molecule has 2 N–H and O–H groups in total. The average Bonchev–Trinajstić information content (AvgIpc) is 2.71. The summed E-state index contributed by atoms with van der Waals surface area (Å²) < 4.78 is 24.1. The van der Waals surface area contributed by atoms with Crippen molar-refractivity contribution in [3.05, 3.63) is 45.5 Å². The van der Waals surface area contributed by atoms with Gasteiger partial charge in [0.2, 0.25) is 15.7 Å². The first-order valence-electron chi connectivity index (χ1n) is 5.20. The summed E-state index contributed by atoms with van der Waals surface area (Å²) in [6.07, 6.45) is 1.39. The van der Waals surface area contributed by atoms with Crippen molar-refractivity contribution in [2.24, 2.45) is 5.14 Å². The number of benzene rings is 1. The number of nitrogens with zero attached hydrogens (tertiary/aromatic N) is 3. The Hall–Kier alpha value is -1.59. The van der Waals surface area contributed by atoms with Gasteiger partial charge in [0.15, 0.2) is 0 Å². The van der Waals surface area contributed by atoms with Crippen molar-refractivity contribution in [2.45, 2.75) is 11.8 Å². The van der Waals surface area contributed by atoms with E-state index in [-0.39, 0.29) is 14.9 Å². The number of rotatable bonds is 2. The number of hydrogen-bond donors (Lipinski definition) is 1. The van der Waals surface area contributed by atoms with Gasteiger partial charge in [0.25, 0.3) is 0 Å². The predicted molar refractivity (Wildman–Crippen MR) is 76.0 cm³/mol. The van der Waals surface area contributed by atoms with E-state index in [1.54, 1.807) is 6.92 Å². The number of halogens is 2. The molecule has 0 aliphatic rings. The van der Waals surface area contributed by atoms with Crippen LogP contribution in [0.3, 0.4) is 0 Å². The van der Waals surface area contributed by atoms with Gasteiger partial charge < -0.3 is 0 Å². The normalized spacial score (nSPS) is 11.3. The molecule has 1 aromatic heterocycles. The molecule has 0 saturated heterocycles. The summed E-state index contributed by atoms with van der Waals surface area (Å²) in [5.74, 6) is 0. The van der Waals surface area contributed by atoms with Crippen LogP contribution in [0.2, 0.25) is 10.0 Å². The first-order chi connectivity index (χ1) is 9.25. The minimum atomic E-state index is -3.96. The molecule has 1 aromatic carbocycles. The first-order valence-corrected chi connectivity index (χ1v) is 7.50. The van der Waals surface area contributed by atoms with Crippen molar-refractivity contribution in [2.75, 3.05) is 0 Å². The van der Waals surface area contributed by atoms with Crippen LogP contribution in [0.5, 0.6) is 0 Å². The van der Waals surface area contributed by atoms with Crippen LogP contribution in [0.25, 0.3) is 10.5 Å². The summed E-state index contributed by atoms with van der Waals surface area (Å²) >= 11 is 12.0.